The molecule has 2 heterocycles. The fourth-order valence-electron chi connectivity index (χ4n) is 3.68. The summed E-state index contributed by atoms with van der Waals surface area (Å²) in [5, 5.41) is 2.93. The fourth-order valence-corrected chi connectivity index (χ4v) is 3.68. The Labute approximate surface area is 134 Å². The number of amides is 3. The quantitative estimate of drug-likeness (QED) is 0.850. The predicted octanol–water partition coefficient (Wildman–Crippen LogP) is 2.21. The van der Waals surface area contributed by atoms with Gasteiger partial charge in [0, 0.05) is 0 Å². The van der Waals surface area contributed by atoms with Crippen molar-refractivity contribution in [2.24, 2.45) is 0 Å². The van der Waals surface area contributed by atoms with E-state index in [1.54, 1.807) is 0 Å². The molecule has 2 aliphatic heterocycles. The van der Waals surface area contributed by atoms with Crippen molar-refractivity contribution in [3.05, 3.63) is 23.8 Å². The van der Waals surface area contributed by atoms with Gasteiger partial charge in [-0.2, -0.15) is 0 Å². The van der Waals surface area contributed by atoms with E-state index in [0.717, 1.165) is 37.7 Å². The maximum absolute atomic E-state index is 12.8. The number of nitrogens with zero attached hydrogens (tertiary/aromatic N) is 1. The minimum absolute atomic E-state index is 0.0860. The third-order valence-corrected chi connectivity index (χ3v) is 4.90. The molecule has 0 bridgehead atoms. The third-order valence-electron chi connectivity index (χ3n) is 4.90. The van der Waals surface area contributed by atoms with Crippen LogP contribution in [0.5, 0.6) is 11.5 Å². The van der Waals surface area contributed by atoms with Gasteiger partial charge in [-0.1, -0.05) is 25.3 Å². The van der Waals surface area contributed by atoms with E-state index in [4.69, 9.17) is 9.47 Å². The number of rotatable bonds is 2. The molecule has 6 nitrogen and oxygen atoms in total. The summed E-state index contributed by atoms with van der Waals surface area (Å²) in [6.07, 6.45) is 4.60. The first-order valence-electron chi connectivity index (χ1n) is 8.21. The Balaban J connectivity index is 1.54. The first-order valence-corrected chi connectivity index (χ1v) is 8.21. The molecule has 3 amide bonds. The number of nitrogens with one attached hydrogen (secondary N) is 1. The van der Waals surface area contributed by atoms with Gasteiger partial charge >= 0.3 is 6.03 Å². The van der Waals surface area contributed by atoms with E-state index in [9.17, 15) is 9.59 Å². The van der Waals surface area contributed by atoms with Crippen molar-refractivity contribution < 1.29 is 19.1 Å². The predicted molar refractivity (Wildman–Crippen MR) is 82.3 cm³/mol. The highest BCUT2D eigenvalue weighted by Crippen LogP contribution is 2.35. The van der Waals surface area contributed by atoms with Gasteiger partial charge < -0.3 is 14.8 Å². The van der Waals surface area contributed by atoms with Gasteiger partial charge in [-0.05, 0) is 30.5 Å². The van der Waals surface area contributed by atoms with Crippen molar-refractivity contribution in [2.75, 3.05) is 13.2 Å². The molecule has 1 N–H and O–H groups in total. The van der Waals surface area contributed by atoms with Gasteiger partial charge in [0.15, 0.2) is 11.5 Å². The van der Waals surface area contributed by atoms with Gasteiger partial charge in [-0.3, -0.25) is 9.69 Å². The van der Waals surface area contributed by atoms with Crippen LogP contribution in [0.1, 0.15) is 37.7 Å². The van der Waals surface area contributed by atoms with Gasteiger partial charge in [0.1, 0.15) is 18.8 Å². The fraction of sp³-hybridized carbons (Fsp3) is 0.529. The minimum atomic E-state index is -0.664. The van der Waals surface area contributed by atoms with E-state index in [1.165, 1.54) is 4.90 Å². The van der Waals surface area contributed by atoms with Crippen molar-refractivity contribution in [1.82, 2.24) is 10.2 Å². The van der Waals surface area contributed by atoms with E-state index in [1.807, 2.05) is 18.2 Å². The molecule has 4 rings (SSSR count). The van der Waals surface area contributed by atoms with E-state index < -0.39 is 5.54 Å². The Morgan fingerprint density at radius 3 is 2.57 bits per heavy atom. The number of ether oxygens (including phenoxy) is 2. The van der Waals surface area contributed by atoms with Crippen LogP contribution in [0, 0.1) is 0 Å². The summed E-state index contributed by atoms with van der Waals surface area (Å²) in [6.45, 7) is 1.33. The molecule has 1 saturated carbocycles. The maximum Gasteiger partial charge on any atom is 0.325 e. The highest BCUT2D eigenvalue weighted by atomic mass is 16.6. The van der Waals surface area contributed by atoms with Gasteiger partial charge in [-0.25, -0.2) is 4.79 Å². The molecule has 6 heteroatoms. The number of imide groups is 1. The Morgan fingerprint density at radius 1 is 1.04 bits per heavy atom. The molecule has 122 valence electrons. The normalized spacial score (nSPS) is 22.3. The molecule has 23 heavy (non-hydrogen) atoms. The van der Waals surface area contributed by atoms with Crippen LogP contribution in [-0.2, 0) is 11.3 Å². The highest BCUT2D eigenvalue weighted by Gasteiger charge is 2.51. The van der Waals surface area contributed by atoms with Crippen molar-refractivity contribution in [3.63, 3.8) is 0 Å². The summed E-state index contributed by atoms with van der Waals surface area (Å²) in [7, 11) is 0. The molecule has 1 aliphatic carbocycles. The highest BCUT2D eigenvalue weighted by molar-refractivity contribution is 6.07. The van der Waals surface area contributed by atoms with Crippen molar-refractivity contribution >= 4 is 11.9 Å². The van der Waals surface area contributed by atoms with Crippen molar-refractivity contribution in [2.45, 2.75) is 44.2 Å². The molecular weight excluding hydrogens is 296 g/mol. The van der Waals surface area contributed by atoms with E-state index in [0.29, 0.717) is 24.7 Å². The first-order chi connectivity index (χ1) is 11.2. The molecule has 1 aromatic rings. The Morgan fingerprint density at radius 2 is 1.78 bits per heavy atom. The number of benzene rings is 1. The lowest BCUT2D eigenvalue weighted by Crippen LogP contribution is -2.48. The Kier molecular flexibility index (Phi) is 3.39. The van der Waals surface area contributed by atoms with Crippen LogP contribution >= 0.6 is 0 Å². The molecular formula is C17H20N2O4. The maximum atomic E-state index is 12.8. The largest absolute Gasteiger partial charge is 0.486 e. The van der Waals surface area contributed by atoms with Gasteiger partial charge in [0.25, 0.3) is 5.91 Å². The second-order valence-electron chi connectivity index (χ2n) is 6.44. The zero-order valence-electron chi connectivity index (χ0n) is 13.0. The molecule has 3 aliphatic rings. The zero-order valence-corrected chi connectivity index (χ0v) is 13.0. The molecule has 0 radical (unpaired) electrons. The summed E-state index contributed by atoms with van der Waals surface area (Å²) in [5.74, 6) is 1.30. The molecule has 1 saturated heterocycles. The van der Waals surface area contributed by atoms with Crippen LogP contribution in [0.25, 0.3) is 0 Å². The summed E-state index contributed by atoms with van der Waals surface area (Å²) in [5.41, 5.74) is 0.203. The lowest BCUT2D eigenvalue weighted by molar-refractivity contribution is -0.132. The monoisotopic (exact) mass is 316 g/mol. The molecule has 1 aromatic carbocycles. The SMILES string of the molecule is O=C1NC2(CCCCC2)C(=O)N1Cc1ccc2c(c1)OCCO2. The summed E-state index contributed by atoms with van der Waals surface area (Å²) < 4.78 is 11.1. The summed E-state index contributed by atoms with van der Waals surface area (Å²) in [6, 6.07) is 5.27. The van der Waals surface area contributed by atoms with Crippen LogP contribution in [0.15, 0.2) is 18.2 Å². The average molecular weight is 316 g/mol. The topological polar surface area (TPSA) is 67.9 Å². The number of hydrogen-bond acceptors (Lipinski definition) is 4. The number of carbonyl (C=O) groups is 2. The lowest BCUT2D eigenvalue weighted by Gasteiger charge is -2.30. The van der Waals surface area contributed by atoms with Gasteiger partial charge in [0.2, 0.25) is 0 Å². The molecule has 1 spiro atoms. The van der Waals surface area contributed by atoms with Crippen LogP contribution in [0.4, 0.5) is 4.79 Å². The lowest BCUT2D eigenvalue weighted by atomic mass is 9.82. The molecule has 2 fully saturated rings. The minimum Gasteiger partial charge on any atom is -0.486 e. The van der Waals surface area contributed by atoms with Crippen molar-refractivity contribution in [1.29, 1.82) is 0 Å². The zero-order chi connectivity index (χ0) is 15.9. The Hall–Kier alpha value is -2.24. The first kappa shape index (κ1) is 14.4. The molecule has 0 aromatic heterocycles. The molecule has 0 atom stereocenters. The van der Waals surface area contributed by atoms with Crippen molar-refractivity contribution in [3.8, 4) is 11.5 Å². The van der Waals surface area contributed by atoms with Crippen LogP contribution in [0.2, 0.25) is 0 Å². The smallest absolute Gasteiger partial charge is 0.325 e. The second-order valence-corrected chi connectivity index (χ2v) is 6.44. The number of carbonyl (C=O) groups excluding carboxylic acids is 2. The van der Waals surface area contributed by atoms with E-state index in [2.05, 4.69) is 5.32 Å². The number of urea groups is 1. The summed E-state index contributed by atoms with van der Waals surface area (Å²) >= 11 is 0. The average Bonchev–Trinajstić information content (AvgIpc) is 2.80. The summed E-state index contributed by atoms with van der Waals surface area (Å²) in [4.78, 5) is 26.4. The van der Waals surface area contributed by atoms with Crippen LogP contribution in [0.3, 0.4) is 0 Å². The molecule has 0 unspecified atom stereocenters. The standard InChI is InChI=1S/C17H20N2O4/c20-15-17(6-2-1-3-7-17)18-16(21)19(15)11-12-4-5-13-14(10-12)23-9-8-22-13/h4-5,10H,1-3,6-9,11H2,(H,18,21). The third kappa shape index (κ3) is 2.42. The van der Waals surface area contributed by atoms with Crippen LogP contribution in [-0.4, -0.2) is 35.6 Å². The number of fused-ring (bicyclic) bond motifs is 1. The Bertz CT molecular complexity index is 652. The number of hydrogen-bond donors (Lipinski definition) is 1. The second kappa shape index (κ2) is 5.44. The van der Waals surface area contributed by atoms with Gasteiger partial charge in [-0.15, -0.1) is 0 Å². The van der Waals surface area contributed by atoms with E-state index in [-0.39, 0.29) is 18.5 Å². The van der Waals surface area contributed by atoms with Gasteiger partial charge in [0.05, 0.1) is 6.54 Å². The van der Waals surface area contributed by atoms with Crippen LogP contribution < -0.4 is 14.8 Å². The van der Waals surface area contributed by atoms with E-state index >= 15 is 0 Å².